The number of anilines is 2. The van der Waals surface area contributed by atoms with Crippen LogP contribution in [0.25, 0.3) is 0 Å². The van der Waals surface area contributed by atoms with Crippen LogP contribution in [0.15, 0.2) is 60.8 Å². The molecule has 0 aliphatic carbocycles. The van der Waals surface area contributed by atoms with Crippen LogP contribution in [-0.2, 0) is 6.54 Å². The standard InChI is InChI=1S/C22H24N6O/c1-17-15-19(21(29)24-16-18-7-3-2-4-8-18)26-22(25-17)28-13-11-27(12-14-28)20-9-5-6-10-23-20/h2-10,15H,11-14,16H2,1H3,(H,24,29). The lowest BCUT2D eigenvalue weighted by Gasteiger charge is -2.35. The van der Waals surface area contributed by atoms with E-state index in [4.69, 9.17) is 0 Å². The highest BCUT2D eigenvalue weighted by Crippen LogP contribution is 2.17. The molecule has 148 valence electrons. The molecule has 29 heavy (non-hydrogen) atoms. The highest BCUT2D eigenvalue weighted by Gasteiger charge is 2.21. The third kappa shape index (κ3) is 4.68. The molecule has 7 nitrogen and oxygen atoms in total. The van der Waals surface area contributed by atoms with Gasteiger partial charge < -0.3 is 15.1 Å². The molecule has 0 saturated carbocycles. The molecule has 7 heteroatoms. The molecular formula is C22H24N6O. The molecule has 0 spiro atoms. The second kappa shape index (κ2) is 8.68. The van der Waals surface area contributed by atoms with Crippen LogP contribution in [0.5, 0.6) is 0 Å². The number of nitrogens with one attached hydrogen (secondary N) is 1. The first kappa shape index (κ1) is 18.9. The summed E-state index contributed by atoms with van der Waals surface area (Å²) < 4.78 is 0. The van der Waals surface area contributed by atoms with Gasteiger partial charge >= 0.3 is 0 Å². The fourth-order valence-electron chi connectivity index (χ4n) is 3.36. The van der Waals surface area contributed by atoms with E-state index >= 15 is 0 Å². The number of carbonyl (C=O) groups is 1. The molecule has 0 atom stereocenters. The van der Waals surface area contributed by atoms with Gasteiger partial charge in [0.1, 0.15) is 11.5 Å². The first-order valence-corrected chi connectivity index (χ1v) is 9.78. The Morgan fingerprint density at radius 3 is 2.41 bits per heavy atom. The Balaban J connectivity index is 1.41. The van der Waals surface area contributed by atoms with Gasteiger partial charge in [0, 0.05) is 44.6 Å². The van der Waals surface area contributed by atoms with Crippen molar-refractivity contribution in [2.45, 2.75) is 13.5 Å². The number of carbonyl (C=O) groups excluding carboxylic acids is 1. The Hall–Kier alpha value is -3.48. The molecule has 3 heterocycles. The van der Waals surface area contributed by atoms with E-state index in [9.17, 15) is 4.79 Å². The van der Waals surface area contributed by atoms with E-state index < -0.39 is 0 Å². The van der Waals surface area contributed by atoms with Crippen LogP contribution in [0.1, 0.15) is 21.7 Å². The first-order chi connectivity index (χ1) is 14.2. The normalized spacial score (nSPS) is 14.0. The van der Waals surface area contributed by atoms with Gasteiger partial charge in [0.2, 0.25) is 5.95 Å². The van der Waals surface area contributed by atoms with Gasteiger partial charge in [-0.3, -0.25) is 4.79 Å². The second-order valence-corrected chi connectivity index (χ2v) is 7.02. The first-order valence-electron chi connectivity index (χ1n) is 9.78. The Labute approximate surface area is 170 Å². The van der Waals surface area contributed by atoms with Crippen LogP contribution in [0, 0.1) is 6.92 Å². The zero-order valence-electron chi connectivity index (χ0n) is 16.5. The second-order valence-electron chi connectivity index (χ2n) is 7.02. The van der Waals surface area contributed by atoms with Crippen LogP contribution in [0.3, 0.4) is 0 Å². The summed E-state index contributed by atoms with van der Waals surface area (Å²) in [4.78, 5) is 30.5. The summed E-state index contributed by atoms with van der Waals surface area (Å²) in [5.41, 5.74) is 2.24. The molecule has 2 aromatic heterocycles. The quantitative estimate of drug-likeness (QED) is 0.724. The van der Waals surface area contributed by atoms with Crippen LogP contribution in [0.2, 0.25) is 0 Å². The third-order valence-electron chi connectivity index (χ3n) is 4.91. The SMILES string of the molecule is Cc1cc(C(=O)NCc2ccccc2)nc(N2CCN(c3ccccn3)CC2)n1. The van der Waals surface area contributed by atoms with E-state index in [1.807, 2.05) is 61.7 Å². The van der Waals surface area contributed by atoms with Crippen molar-refractivity contribution in [1.29, 1.82) is 0 Å². The molecule has 0 radical (unpaired) electrons. The largest absolute Gasteiger partial charge is 0.353 e. The number of hydrogen-bond acceptors (Lipinski definition) is 6. The summed E-state index contributed by atoms with van der Waals surface area (Å²) in [5, 5.41) is 2.94. The van der Waals surface area contributed by atoms with E-state index in [0.717, 1.165) is 43.3 Å². The minimum Gasteiger partial charge on any atom is -0.353 e. The predicted octanol–water partition coefficient (Wildman–Crippen LogP) is 2.44. The van der Waals surface area contributed by atoms with Gasteiger partial charge in [-0.05, 0) is 30.7 Å². The molecule has 0 unspecified atom stereocenters. The summed E-state index contributed by atoms with van der Waals surface area (Å²) in [6, 6.07) is 17.5. The Bertz CT molecular complexity index is 956. The Kier molecular flexibility index (Phi) is 5.65. The summed E-state index contributed by atoms with van der Waals surface area (Å²) in [6.45, 7) is 5.61. The van der Waals surface area contributed by atoms with E-state index in [1.165, 1.54) is 0 Å². The third-order valence-corrected chi connectivity index (χ3v) is 4.91. The van der Waals surface area contributed by atoms with Gasteiger partial charge in [0.25, 0.3) is 5.91 Å². The maximum absolute atomic E-state index is 12.6. The fourth-order valence-corrected chi connectivity index (χ4v) is 3.36. The van der Waals surface area contributed by atoms with Crippen molar-refractivity contribution in [2.24, 2.45) is 0 Å². The Morgan fingerprint density at radius 2 is 1.69 bits per heavy atom. The van der Waals surface area contributed by atoms with Crippen molar-refractivity contribution in [2.75, 3.05) is 36.0 Å². The average molecular weight is 388 g/mol. The lowest BCUT2D eigenvalue weighted by Crippen LogP contribution is -2.47. The lowest BCUT2D eigenvalue weighted by atomic mass is 10.2. The van der Waals surface area contributed by atoms with Crippen LogP contribution >= 0.6 is 0 Å². The average Bonchev–Trinajstić information content (AvgIpc) is 2.78. The fraction of sp³-hybridized carbons (Fsp3) is 0.273. The van der Waals surface area contributed by atoms with Gasteiger partial charge in [0.05, 0.1) is 0 Å². The molecule has 1 saturated heterocycles. The zero-order chi connectivity index (χ0) is 20.1. The highest BCUT2D eigenvalue weighted by atomic mass is 16.1. The summed E-state index contributed by atoms with van der Waals surface area (Å²) in [7, 11) is 0. The van der Waals surface area contributed by atoms with E-state index in [0.29, 0.717) is 18.2 Å². The number of rotatable bonds is 5. The van der Waals surface area contributed by atoms with Gasteiger partial charge in [-0.15, -0.1) is 0 Å². The molecule has 3 aromatic rings. The number of piperazine rings is 1. The van der Waals surface area contributed by atoms with Gasteiger partial charge in [-0.2, -0.15) is 0 Å². The number of hydrogen-bond donors (Lipinski definition) is 1. The number of aryl methyl sites for hydroxylation is 1. The number of nitrogens with zero attached hydrogens (tertiary/aromatic N) is 5. The minimum absolute atomic E-state index is 0.187. The van der Waals surface area contributed by atoms with Crippen LogP contribution in [-0.4, -0.2) is 47.0 Å². The van der Waals surface area contributed by atoms with Crippen molar-refractivity contribution in [1.82, 2.24) is 20.3 Å². The van der Waals surface area contributed by atoms with Crippen LogP contribution in [0.4, 0.5) is 11.8 Å². The molecule has 0 bridgehead atoms. The molecule has 1 aromatic carbocycles. The molecule has 1 aliphatic rings. The predicted molar refractivity (Wildman–Crippen MR) is 113 cm³/mol. The van der Waals surface area contributed by atoms with Crippen molar-refractivity contribution in [3.05, 3.63) is 77.7 Å². The summed E-state index contributed by atoms with van der Waals surface area (Å²) in [6.07, 6.45) is 1.81. The number of aromatic nitrogens is 3. The minimum atomic E-state index is -0.187. The molecule has 4 rings (SSSR count). The monoisotopic (exact) mass is 388 g/mol. The smallest absolute Gasteiger partial charge is 0.270 e. The molecule has 1 amide bonds. The van der Waals surface area contributed by atoms with Gasteiger partial charge in [-0.1, -0.05) is 36.4 Å². The summed E-state index contributed by atoms with van der Waals surface area (Å²) >= 11 is 0. The van der Waals surface area contributed by atoms with E-state index in [2.05, 4.69) is 30.1 Å². The van der Waals surface area contributed by atoms with E-state index in [1.54, 1.807) is 6.07 Å². The van der Waals surface area contributed by atoms with Gasteiger partial charge in [-0.25, -0.2) is 15.0 Å². The molecular weight excluding hydrogens is 364 g/mol. The van der Waals surface area contributed by atoms with Crippen molar-refractivity contribution in [3.63, 3.8) is 0 Å². The Morgan fingerprint density at radius 1 is 0.966 bits per heavy atom. The summed E-state index contributed by atoms with van der Waals surface area (Å²) in [5.74, 6) is 1.40. The topological polar surface area (TPSA) is 74.2 Å². The maximum Gasteiger partial charge on any atom is 0.270 e. The van der Waals surface area contributed by atoms with Crippen molar-refractivity contribution < 1.29 is 4.79 Å². The molecule has 1 aliphatic heterocycles. The van der Waals surface area contributed by atoms with E-state index in [-0.39, 0.29) is 5.91 Å². The number of pyridine rings is 1. The van der Waals surface area contributed by atoms with Crippen molar-refractivity contribution in [3.8, 4) is 0 Å². The van der Waals surface area contributed by atoms with Gasteiger partial charge in [0.15, 0.2) is 0 Å². The zero-order valence-corrected chi connectivity index (χ0v) is 16.5. The maximum atomic E-state index is 12.6. The highest BCUT2D eigenvalue weighted by molar-refractivity contribution is 5.92. The van der Waals surface area contributed by atoms with Crippen molar-refractivity contribution >= 4 is 17.7 Å². The number of benzene rings is 1. The lowest BCUT2D eigenvalue weighted by molar-refractivity contribution is 0.0945. The number of amides is 1. The molecule has 1 N–H and O–H groups in total. The molecule has 1 fully saturated rings. The van der Waals surface area contributed by atoms with Crippen LogP contribution < -0.4 is 15.1 Å².